The highest BCUT2D eigenvalue weighted by molar-refractivity contribution is 5.94. The summed E-state index contributed by atoms with van der Waals surface area (Å²) in [6, 6.07) is -2.27. The number of rotatable bonds is 10. The molecule has 13 heteroatoms. The lowest BCUT2D eigenvalue weighted by molar-refractivity contribution is -0.148. The van der Waals surface area contributed by atoms with Crippen LogP contribution in [0.2, 0.25) is 0 Å². The van der Waals surface area contributed by atoms with Crippen molar-refractivity contribution in [2.24, 2.45) is 17.6 Å². The van der Waals surface area contributed by atoms with Crippen molar-refractivity contribution in [2.45, 2.75) is 76.0 Å². The Hall–Kier alpha value is -2.74. The average molecular weight is 539 g/mol. The predicted octanol–water partition coefficient (Wildman–Crippen LogP) is -2.12. The number of nitrogens with one attached hydrogen (secondary N) is 3. The summed E-state index contributed by atoms with van der Waals surface area (Å²) in [6.07, 6.45) is 0.199. The number of aliphatic hydroxyl groups excluding tert-OH is 3. The lowest BCUT2D eigenvalue weighted by atomic mass is 9.81. The third-order valence-electron chi connectivity index (χ3n) is 7.85. The molecule has 0 aromatic carbocycles. The number of hydrogen-bond acceptors (Lipinski definition) is 8. The lowest BCUT2D eigenvalue weighted by Crippen LogP contribution is -2.60. The van der Waals surface area contributed by atoms with Crippen molar-refractivity contribution >= 4 is 23.7 Å². The van der Waals surface area contributed by atoms with E-state index in [1.807, 2.05) is 6.08 Å². The molecule has 3 amide bonds. The van der Waals surface area contributed by atoms with Crippen LogP contribution in [-0.4, -0.2) is 119 Å². The zero-order chi connectivity index (χ0) is 28.1. The van der Waals surface area contributed by atoms with Gasteiger partial charge in [0.1, 0.15) is 12.1 Å². The maximum Gasteiger partial charge on any atom is 0.252 e. The molecule has 0 bridgehead atoms. The van der Waals surface area contributed by atoms with Gasteiger partial charge in [-0.2, -0.15) is 0 Å². The zero-order valence-corrected chi connectivity index (χ0v) is 22.3. The van der Waals surface area contributed by atoms with Crippen molar-refractivity contribution in [2.75, 3.05) is 33.4 Å². The molecule has 8 N–H and O–H groups in total. The molecule has 0 aromatic heterocycles. The molecule has 2 fully saturated rings. The van der Waals surface area contributed by atoms with Gasteiger partial charge in [-0.15, -0.1) is 0 Å². The molecule has 0 aromatic rings. The fraction of sp³-hybridized carbons (Fsp3) is 0.760. The summed E-state index contributed by atoms with van der Waals surface area (Å²) in [5.41, 5.74) is 6.59. The first kappa shape index (κ1) is 29.8. The van der Waals surface area contributed by atoms with Crippen molar-refractivity contribution in [1.82, 2.24) is 20.4 Å². The van der Waals surface area contributed by atoms with Gasteiger partial charge in [0.05, 0.1) is 18.8 Å². The van der Waals surface area contributed by atoms with E-state index in [0.29, 0.717) is 32.5 Å². The Labute approximate surface area is 222 Å². The minimum atomic E-state index is -1.13. The summed E-state index contributed by atoms with van der Waals surface area (Å²) in [7, 11) is 1.28. The zero-order valence-electron chi connectivity index (χ0n) is 22.3. The van der Waals surface area contributed by atoms with Crippen LogP contribution in [0.1, 0.15) is 39.5 Å². The molecule has 214 valence electrons. The molecule has 3 rings (SSSR count). The van der Waals surface area contributed by atoms with Gasteiger partial charge in [0.25, 0.3) is 5.91 Å². The molecule has 38 heavy (non-hydrogen) atoms. The van der Waals surface area contributed by atoms with E-state index in [0.717, 1.165) is 5.57 Å². The van der Waals surface area contributed by atoms with Gasteiger partial charge in [-0.1, -0.05) is 25.5 Å². The summed E-state index contributed by atoms with van der Waals surface area (Å²) < 4.78 is 4.99. The highest BCUT2D eigenvalue weighted by atomic mass is 16.5. The van der Waals surface area contributed by atoms with Crippen molar-refractivity contribution in [3.63, 3.8) is 0 Å². The van der Waals surface area contributed by atoms with Crippen LogP contribution in [0.3, 0.4) is 0 Å². The summed E-state index contributed by atoms with van der Waals surface area (Å²) in [6.45, 7) is 4.42. The van der Waals surface area contributed by atoms with Crippen LogP contribution in [0.5, 0.6) is 0 Å². The van der Waals surface area contributed by atoms with Crippen molar-refractivity contribution in [1.29, 1.82) is 5.41 Å². The van der Waals surface area contributed by atoms with Gasteiger partial charge in [-0.25, -0.2) is 0 Å². The van der Waals surface area contributed by atoms with E-state index in [1.54, 1.807) is 18.7 Å². The monoisotopic (exact) mass is 538 g/mol. The van der Waals surface area contributed by atoms with Crippen LogP contribution in [0.15, 0.2) is 11.6 Å². The standard InChI is InChI=1S/C25H42N6O7/c1-13(2)21(29-23(36)20(12-32)38-3)24(37)31-16-10-19(34)18(33)9-15(16)8-17(31)22(35)28-6-4-14-5-7-30(11-14)25(26)27/h5,13,15-21,32-34H,4,6-12H2,1-3H3,(H3,26,27)(H,28,35)(H,29,36)/t15-,16+,17+,18+,19+,20-,21+/m1/s1. The maximum atomic E-state index is 13.9. The van der Waals surface area contributed by atoms with Crippen molar-refractivity contribution in [3.05, 3.63) is 11.6 Å². The topological polar surface area (TPSA) is 202 Å². The van der Waals surface area contributed by atoms with Gasteiger partial charge in [0.2, 0.25) is 11.8 Å². The van der Waals surface area contributed by atoms with Crippen LogP contribution < -0.4 is 16.4 Å². The molecule has 1 saturated carbocycles. The molecule has 0 spiro atoms. The fourth-order valence-electron chi connectivity index (χ4n) is 5.62. The van der Waals surface area contributed by atoms with Gasteiger partial charge < -0.3 is 46.2 Å². The minimum absolute atomic E-state index is 0.00465. The van der Waals surface area contributed by atoms with E-state index in [-0.39, 0.29) is 36.5 Å². The summed E-state index contributed by atoms with van der Waals surface area (Å²) in [5, 5.41) is 43.2. The van der Waals surface area contributed by atoms with Crippen LogP contribution in [0, 0.1) is 17.2 Å². The van der Waals surface area contributed by atoms with E-state index in [9.17, 15) is 29.7 Å². The Morgan fingerprint density at radius 3 is 2.47 bits per heavy atom. The molecular formula is C25H42N6O7. The molecule has 2 aliphatic heterocycles. The number of ether oxygens (including phenoxy) is 1. The molecule has 2 heterocycles. The second-order valence-corrected chi connectivity index (χ2v) is 10.7. The smallest absolute Gasteiger partial charge is 0.252 e. The highest BCUT2D eigenvalue weighted by Gasteiger charge is 2.52. The number of carbonyl (C=O) groups is 3. The van der Waals surface area contributed by atoms with Crippen molar-refractivity contribution < 1.29 is 34.4 Å². The number of hydrogen-bond donors (Lipinski definition) is 7. The number of amides is 3. The first-order valence-corrected chi connectivity index (χ1v) is 13.1. The van der Waals surface area contributed by atoms with E-state index in [2.05, 4.69) is 10.6 Å². The molecule has 1 saturated heterocycles. The van der Waals surface area contributed by atoms with Gasteiger partial charge in [-0.3, -0.25) is 19.8 Å². The number of fused-ring (bicyclic) bond motifs is 1. The van der Waals surface area contributed by atoms with Crippen LogP contribution in [0.25, 0.3) is 0 Å². The van der Waals surface area contributed by atoms with Gasteiger partial charge >= 0.3 is 0 Å². The summed E-state index contributed by atoms with van der Waals surface area (Å²) in [5.74, 6) is -1.94. The van der Waals surface area contributed by atoms with Gasteiger partial charge in [0, 0.05) is 32.8 Å². The minimum Gasteiger partial charge on any atom is -0.393 e. The number of carbonyl (C=O) groups excluding carboxylic acids is 3. The summed E-state index contributed by atoms with van der Waals surface area (Å²) in [4.78, 5) is 43.1. The Bertz CT molecular complexity index is 924. The first-order valence-electron chi connectivity index (χ1n) is 13.1. The van der Waals surface area contributed by atoms with E-state index >= 15 is 0 Å². The fourth-order valence-corrected chi connectivity index (χ4v) is 5.62. The van der Waals surface area contributed by atoms with E-state index in [1.165, 1.54) is 12.0 Å². The Morgan fingerprint density at radius 1 is 1.21 bits per heavy atom. The summed E-state index contributed by atoms with van der Waals surface area (Å²) >= 11 is 0. The molecule has 0 unspecified atom stereocenters. The second-order valence-electron chi connectivity index (χ2n) is 10.7. The third kappa shape index (κ3) is 6.63. The molecule has 7 atom stereocenters. The molecule has 0 radical (unpaired) electrons. The molecule has 3 aliphatic rings. The molecule has 13 nitrogen and oxygen atoms in total. The number of nitrogens with two attached hydrogens (primary N) is 1. The van der Waals surface area contributed by atoms with E-state index in [4.69, 9.17) is 15.9 Å². The Morgan fingerprint density at radius 2 is 1.89 bits per heavy atom. The quantitative estimate of drug-likeness (QED) is 0.0922. The Kier molecular flexibility index (Phi) is 10.1. The number of likely N-dealkylation sites (tertiary alicyclic amines) is 1. The normalized spacial score (nSPS) is 28.5. The number of methoxy groups -OCH3 is 1. The van der Waals surface area contributed by atoms with Crippen LogP contribution >= 0.6 is 0 Å². The third-order valence-corrected chi connectivity index (χ3v) is 7.85. The average Bonchev–Trinajstić information content (AvgIpc) is 3.48. The maximum absolute atomic E-state index is 13.9. The van der Waals surface area contributed by atoms with Crippen molar-refractivity contribution in [3.8, 4) is 0 Å². The highest BCUT2D eigenvalue weighted by Crippen LogP contribution is 2.40. The van der Waals surface area contributed by atoms with Gasteiger partial charge in [-0.05, 0) is 37.5 Å². The van der Waals surface area contributed by atoms with Crippen LogP contribution in [0.4, 0.5) is 0 Å². The molecular weight excluding hydrogens is 496 g/mol. The SMILES string of the molecule is CO[C@H](CO)C(=O)N[C@H](C(=O)N1[C@H](C(=O)NCCC2=CCN(C(=N)N)C2)C[C@@H]2C[C@H](O)[C@@H](O)C[C@@H]21)C(C)C. The molecule has 1 aliphatic carbocycles. The predicted molar refractivity (Wildman–Crippen MR) is 138 cm³/mol. The number of nitrogens with zero attached hydrogens (tertiary/aromatic N) is 2. The Balaban J connectivity index is 1.74. The van der Waals surface area contributed by atoms with E-state index < -0.39 is 54.9 Å². The largest absolute Gasteiger partial charge is 0.393 e. The van der Waals surface area contributed by atoms with Crippen LogP contribution in [-0.2, 0) is 19.1 Å². The lowest BCUT2D eigenvalue weighted by Gasteiger charge is -2.39. The second kappa shape index (κ2) is 12.9. The number of guanidine groups is 1. The number of aliphatic hydroxyl groups is 3. The first-order chi connectivity index (χ1) is 18.0. The van der Waals surface area contributed by atoms with Gasteiger partial charge in [0.15, 0.2) is 12.1 Å².